The maximum Gasteiger partial charge on any atom is 0.433 e. The fourth-order valence-corrected chi connectivity index (χ4v) is 3.44. The van der Waals surface area contributed by atoms with Crippen molar-refractivity contribution in [1.82, 2.24) is 24.9 Å². The van der Waals surface area contributed by atoms with Crippen molar-refractivity contribution >= 4 is 38.4 Å². The normalized spacial score (nSPS) is 11.8. The number of rotatable bonds is 5. The first-order valence-corrected chi connectivity index (χ1v) is 10.3. The lowest BCUT2D eigenvalue weighted by Gasteiger charge is -2.12. The van der Waals surface area contributed by atoms with Gasteiger partial charge in [0.25, 0.3) is 5.91 Å². The minimum Gasteiger partial charge on any atom is -0.337 e. The lowest BCUT2D eigenvalue weighted by molar-refractivity contribution is -0.140. The van der Waals surface area contributed by atoms with E-state index in [4.69, 9.17) is 4.52 Å². The number of amides is 1. The monoisotopic (exact) mass is 508 g/mol. The number of nitrogens with one attached hydrogen (secondary N) is 1. The van der Waals surface area contributed by atoms with Crippen LogP contribution in [0, 0.1) is 6.92 Å². The quantitative estimate of drug-likeness (QED) is 0.417. The van der Waals surface area contributed by atoms with Gasteiger partial charge >= 0.3 is 6.18 Å². The molecule has 0 saturated heterocycles. The van der Waals surface area contributed by atoms with Crippen LogP contribution in [-0.2, 0) is 19.1 Å². The third-order valence-electron chi connectivity index (χ3n) is 4.62. The number of aryl methyl sites for hydroxylation is 2. The van der Waals surface area contributed by atoms with E-state index < -0.39 is 17.8 Å². The second kappa shape index (κ2) is 8.34. The molecule has 0 atom stereocenters. The van der Waals surface area contributed by atoms with E-state index in [1.54, 1.807) is 25.3 Å². The molecule has 3 aromatic heterocycles. The van der Waals surface area contributed by atoms with E-state index in [-0.39, 0.29) is 23.0 Å². The van der Waals surface area contributed by atoms with Gasteiger partial charge in [-0.05, 0) is 31.2 Å². The van der Waals surface area contributed by atoms with Crippen molar-refractivity contribution in [2.75, 3.05) is 5.32 Å². The van der Waals surface area contributed by atoms with Gasteiger partial charge in [-0.15, -0.1) is 0 Å². The van der Waals surface area contributed by atoms with Crippen LogP contribution in [0.4, 0.5) is 18.9 Å². The maximum atomic E-state index is 13.3. The molecule has 1 amide bonds. The minimum absolute atomic E-state index is 0.0590. The average molecular weight is 509 g/mol. The predicted octanol–water partition coefficient (Wildman–Crippen LogP) is 4.77. The highest BCUT2D eigenvalue weighted by Gasteiger charge is 2.34. The summed E-state index contributed by atoms with van der Waals surface area (Å²) in [5.41, 5.74) is -0.417. The lowest BCUT2D eigenvalue weighted by atomic mass is 10.1. The molecule has 0 spiro atoms. The van der Waals surface area contributed by atoms with E-state index in [0.29, 0.717) is 34.0 Å². The Bertz CT molecular complexity index is 1310. The van der Waals surface area contributed by atoms with Gasteiger partial charge in [0.05, 0.1) is 22.5 Å². The molecule has 3 heterocycles. The topological polar surface area (TPSA) is 98.7 Å². The van der Waals surface area contributed by atoms with Crippen LogP contribution in [0.15, 0.2) is 39.5 Å². The van der Waals surface area contributed by atoms with Gasteiger partial charge in [-0.1, -0.05) is 28.0 Å². The number of anilines is 1. The summed E-state index contributed by atoms with van der Waals surface area (Å²) in [5, 5.41) is 11.0. The molecule has 166 valence electrons. The van der Waals surface area contributed by atoms with Crippen LogP contribution < -0.4 is 5.32 Å². The molecule has 0 aliphatic heterocycles. The minimum atomic E-state index is -4.70. The maximum absolute atomic E-state index is 13.3. The third kappa shape index (κ3) is 4.49. The molecular formula is C20H16BrF3N6O2. The van der Waals surface area contributed by atoms with E-state index >= 15 is 0 Å². The molecule has 0 aliphatic rings. The number of fused-ring (bicyclic) bond motifs is 1. The Kier molecular flexibility index (Phi) is 5.71. The first-order chi connectivity index (χ1) is 15.1. The van der Waals surface area contributed by atoms with Gasteiger partial charge in [-0.25, -0.2) is 4.98 Å². The molecule has 8 nitrogen and oxygen atoms in total. The van der Waals surface area contributed by atoms with Gasteiger partial charge in [0, 0.05) is 22.5 Å². The number of pyridine rings is 1. The molecule has 0 aliphatic carbocycles. The first kappa shape index (κ1) is 21.9. The Hall–Kier alpha value is -3.28. The zero-order valence-electron chi connectivity index (χ0n) is 16.9. The average Bonchev–Trinajstić information content (AvgIpc) is 3.32. The highest BCUT2D eigenvalue weighted by molar-refractivity contribution is 9.10. The molecule has 0 saturated carbocycles. The van der Waals surface area contributed by atoms with Crippen LogP contribution in [0.25, 0.3) is 10.9 Å². The van der Waals surface area contributed by atoms with Gasteiger partial charge in [0.15, 0.2) is 5.82 Å². The molecule has 0 bridgehead atoms. The summed E-state index contributed by atoms with van der Waals surface area (Å²) in [4.78, 5) is 20.8. The van der Waals surface area contributed by atoms with Crippen LogP contribution in [0.3, 0.4) is 0 Å². The fourth-order valence-electron chi connectivity index (χ4n) is 3.08. The number of carbonyl (C=O) groups is 1. The molecule has 12 heteroatoms. The van der Waals surface area contributed by atoms with Crippen molar-refractivity contribution < 1.29 is 22.5 Å². The number of carbonyl (C=O) groups excluding carboxylic acids is 1. The molecule has 0 unspecified atom stereocenters. The molecule has 4 aromatic rings. The largest absolute Gasteiger partial charge is 0.433 e. The van der Waals surface area contributed by atoms with E-state index in [2.05, 4.69) is 41.5 Å². The number of hydrogen-bond acceptors (Lipinski definition) is 6. The van der Waals surface area contributed by atoms with Gasteiger partial charge in [0.2, 0.25) is 5.89 Å². The third-order valence-corrected chi connectivity index (χ3v) is 5.12. The summed E-state index contributed by atoms with van der Waals surface area (Å²) in [7, 11) is 0. The van der Waals surface area contributed by atoms with E-state index in [1.807, 2.05) is 6.92 Å². The van der Waals surface area contributed by atoms with Crippen LogP contribution in [-0.4, -0.2) is 30.8 Å². The molecule has 1 aromatic carbocycles. The standard InChI is InChI=1S/C20H16BrF3N6O2/c1-3-17-27-18(32-29-17)9-30-8-15(10(2)28-30)26-19(31)13-7-16(20(22,23)24)25-14-5-4-11(21)6-12(13)14/h4-8H,3,9H2,1-2H3,(H,26,31). The van der Waals surface area contributed by atoms with Gasteiger partial charge in [0.1, 0.15) is 12.2 Å². The molecule has 0 fully saturated rings. The Morgan fingerprint density at radius 3 is 2.72 bits per heavy atom. The SMILES string of the molecule is CCc1noc(Cn2cc(NC(=O)c3cc(C(F)(F)F)nc4ccc(Br)cc34)c(C)n2)n1. The second-order valence-electron chi connectivity index (χ2n) is 6.95. The predicted molar refractivity (Wildman–Crippen MR) is 112 cm³/mol. The Morgan fingerprint density at radius 1 is 1.25 bits per heavy atom. The van der Waals surface area contributed by atoms with Crippen LogP contribution in [0.1, 0.15) is 40.4 Å². The smallest absolute Gasteiger partial charge is 0.337 e. The number of aromatic nitrogens is 5. The van der Waals surface area contributed by atoms with Crippen molar-refractivity contribution in [2.24, 2.45) is 0 Å². The highest BCUT2D eigenvalue weighted by Crippen LogP contribution is 2.32. The lowest BCUT2D eigenvalue weighted by Crippen LogP contribution is -2.16. The summed E-state index contributed by atoms with van der Waals surface area (Å²) < 4.78 is 47.2. The molecule has 4 rings (SSSR count). The Balaban J connectivity index is 1.65. The summed E-state index contributed by atoms with van der Waals surface area (Å²) in [5.74, 6) is 0.199. The number of alkyl halides is 3. The van der Waals surface area contributed by atoms with Crippen molar-refractivity contribution in [3.63, 3.8) is 0 Å². The first-order valence-electron chi connectivity index (χ1n) is 9.48. The van der Waals surface area contributed by atoms with Crippen molar-refractivity contribution in [2.45, 2.75) is 33.0 Å². The highest BCUT2D eigenvalue weighted by atomic mass is 79.9. The number of nitrogens with zero attached hydrogens (tertiary/aromatic N) is 5. The summed E-state index contributed by atoms with van der Waals surface area (Å²) in [6, 6.07) is 5.28. The van der Waals surface area contributed by atoms with Crippen molar-refractivity contribution in [3.05, 3.63) is 63.6 Å². The van der Waals surface area contributed by atoms with E-state index in [9.17, 15) is 18.0 Å². The molecule has 0 radical (unpaired) electrons. The molecule has 1 N–H and O–H groups in total. The van der Waals surface area contributed by atoms with Gasteiger partial charge < -0.3 is 9.84 Å². The fraction of sp³-hybridized carbons (Fsp3) is 0.250. The second-order valence-corrected chi connectivity index (χ2v) is 7.87. The van der Waals surface area contributed by atoms with Crippen molar-refractivity contribution in [3.8, 4) is 0 Å². The summed E-state index contributed by atoms with van der Waals surface area (Å²) >= 11 is 3.28. The van der Waals surface area contributed by atoms with Crippen LogP contribution in [0.5, 0.6) is 0 Å². The van der Waals surface area contributed by atoms with Crippen molar-refractivity contribution in [1.29, 1.82) is 0 Å². The Labute approximate surface area is 188 Å². The van der Waals surface area contributed by atoms with Gasteiger partial charge in [-0.2, -0.15) is 23.3 Å². The number of benzene rings is 1. The van der Waals surface area contributed by atoms with E-state index in [0.717, 1.165) is 6.07 Å². The summed E-state index contributed by atoms with van der Waals surface area (Å²) in [6.07, 6.45) is -2.52. The molecule has 32 heavy (non-hydrogen) atoms. The van der Waals surface area contributed by atoms with Crippen LogP contribution in [0.2, 0.25) is 0 Å². The van der Waals surface area contributed by atoms with E-state index in [1.165, 1.54) is 10.7 Å². The molecular weight excluding hydrogens is 493 g/mol. The zero-order chi connectivity index (χ0) is 23.0. The Morgan fingerprint density at radius 2 is 2.03 bits per heavy atom. The number of hydrogen-bond donors (Lipinski definition) is 1. The van der Waals surface area contributed by atoms with Gasteiger partial charge in [-0.3, -0.25) is 9.48 Å². The van der Waals surface area contributed by atoms with Crippen LogP contribution >= 0.6 is 15.9 Å². The zero-order valence-corrected chi connectivity index (χ0v) is 18.5. The number of halogens is 4. The summed E-state index contributed by atoms with van der Waals surface area (Å²) in [6.45, 7) is 3.75.